The minimum atomic E-state index is -0.304. The molecule has 0 aromatic carbocycles. The summed E-state index contributed by atoms with van der Waals surface area (Å²) in [5.74, 6) is 0.685. The molecule has 1 heterocycles. The first kappa shape index (κ1) is 13.5. The van der Waals surface area contributed by atoms with Crippen LogP contribution in [-0.2, 0) is 0 Å². The number of oxazole rings is 1. The fourth-order valence-electron chi connectivity index (χ4n) is 1.40. The molecule has 0 atom stereocenters. The summed E-state index contributed by atoms with van der Waals surface area (Å²) in [6, 6.07) is -0.105. The number of hydrogen-bond donors (Lipinski definition) is 2. The van der Waals surface area contributed by atoms with Crippen LogP contribution in [0, 0.1) is 13.8 Å². The molecule has 0 spiro atoms. The zero-order valence-electron chi connectivity index (χ0n) is 10.5. The monoisotopic (exact) mass is 241 g/mol. The second-order valence-electron chi connectivity index (χ2n) is 3.80. The van der Waals surface area contributed by atoms with Crippen molar-refractivity contribution in [3.05, 3.63) is 11.5 Å². The van der Waals surface area contributed by atoms with Gasteiger partial charge in [0.05, 0.1) is 12.3 Å². The van der Waals surface area contributed by atoms with Gasteiger partial charge in [-0.2, -0.15) is 4.98 Å². The van der Waals surface area contributed by atoms with Crippen molar-refractivity contribution in [1.29, 1.82) is 0 Å². The van der Waals surface area contributed by atoms with Crippen LogP contribution in [-0.4, -0.2) is 40.7 Å². The van der Waals surface area contributed by atoms with Crippen LogP contribution in [0.25, 0.3) is 0 Å². The number of rotatable bonds is 5. The van der Waals surface area contributed by atoms with Crippen LogP contribution in [0.2, 0.25) is 0 Å². The molecule has 0 bridgehead atoms. The smallest absolute Gasteiger partial charge is 0.325 e. The lowest BCUT2D eigenvalue weighted by molar-refractivity contribution is 0.188. The van der Waals surface area contributed by atoms with E-state index in [4.69, 9.17) is 9.52 Å². The van der Waals surface area contributed by atoms with Gasteiger partial charge in [-0.1, -0.05) is 6.92 Å². The third-order valence-corrected chi connectivity index (χ3v) is 2.39. The van der Waals surface area contributed by atoms with Gasteiger partial charge >= 0.3 is 12.0 Å². The number of nitrogens with one attached hydrogen (secondary N) is 1. The molecule has 1 rings (SSSR count). The number of hydrogen-bond acceptors (Lipinski definition) is 4. The quantitative estimate of drug-likeness (QED) is 0.819. The van der Waals surface area contributed by atoms with Crippen molar-refractivity contribution in [2.24, 2.45) is 0 Å². The summed E-state index contributed by atoms with van der Waals surface area (Å²) in [5.41, 5.74) is 0.754. The normalized spacial score (nSPS) is 10.4. The molecular formula is C11H19N3O3. The molecule has 2 N–H and O–H groups in total. The highest BCUT2D eigenvalue weighted by molar-refractivity contribution is 5.87. The maximum atomic E-state index is 11.8. The van der Waals surface area contributed by atoms with Gasteiger partial charge in [-0.25, -0.2) is 4.79 Å². The van der Waals surface area contributed by atoms with E-state index in [1.54, 1.807) is 6.92 Å². The summed E-state index contributed by atoms with van der Waals surface area (Å²) in [6.07, 6.45) is 0.830. The second kappa shape index (κ2) is 6.24. The van der Waals surface area contributed by atoms with Crippen LogP contribution in [0.15, 0.2) is 4.42 Å². The molecule has 6 heteroatoms. The van der Waals surface area contributed by atoms with Gasteiger partial charge < -0.3 is 14.4 Å². The van der Waals surface area contributed by atoms with E-state index in [1.807, 2.05) is 13.8 Å². The maximum absolute atomic E-state index is 11.8. The number of aromatic nitrogens is 1. The van der Waals surface area contributed by atoms with Crippen LogP contribution in [0.3, 0.4) is 0 Å². The predicted octanol–water partition coefficient (Wildman–Crippen LogP) is 1.53. The SMILES string of the molecule is CCCN(CCO)C(=O)Nc1nc(C)c(C)o1. The molecule has 1 aromatic rings. The zero-order chi connectivity index (χ0) is 12.8. The fourth-order valence-corrected chi connectivity index (χ4v) is 1.40. The summed E-state index contributed by atoms with van der Waals surface area (Å²) in [7, 11) is 0. The van der Waals surface area contributed by atoms with E-state index in [0.29, 0.717) is 18.8 Å². The molecule has 6 nitrogen and oxygen atoms in total. The Morgan fingerprint density at radius 3 is 2.65 bits per heavy atom. The van der Waals surface area contributed by atoms with Crippen molar-refractivity contribution in [2.45, 2.75) is 27.2 Å². The van der Waals surface area contributed by atoms with Gasteiger partial charge in [0.25, 0.3) is 0 Å². The highest BCUT2D eigenvalue weighted by atomic mass is 16.4. The third-order valence-electron chi connectivity index (χ3n) is 2.39. The van der Waals surface area contributed by atoms with Crippen molar-refractivity contribution < 1.29 is 14.3 Å². The zero-order valence-corrected chi connectivity index (χ0v) is 10.5. The van der Waals surface area contributed by atoms with Crippen LogP contribution < -0.4 is 5.32 Å². The number of carbonyl (C=O) groups is 1. The van der Waals surface area contributed by atoms with Crippen LogP contribution in [0.5, 0.6) is 0 Å². The molecular weight excluding hydrogens is 222 g/mol. The topological polar surface area (TPSA) is 78.6 Å². The van der Waals surface area contributed by atoms with Crippen molar-refractivity contribution in [3.8, 4) is 0 Å². The molecule has 17 heavy (non-hydrogen) atoms. The molecule has 0 radical (unpaired) electrons. The van der Waals surface area contributed by atoms with Gasteiger partial charge in [0, 0.05) is 13.1 Å². The number of carbonyl (C=O) groups excluding carboxylic acids is 1. The van der Waals surface area contributed by atoms with Gasteiger partial charge in [0.2, 0.25) is 0 Å². The average Bonchev–Trinajstić information content (AvgIpc) is 2.57. The van der Waals surface area contributed by atoms with Gasteiger partial charge in [-0.3, -0.25) is 5.32 Å². The van der Waals surface area contributed by atoms with Gasteiger partial charge in [-0.15, -0.1) is 0 Å². The number of urea groups is 1. The van der Waals surface area contributed by atoms with E-state index in [0.717, 1.165) is 12.1 Å². The second-order valence-corrected chi connectivity index (χ2v) is 3.80. The molecule has 1 aromatic heterocycles. The summed E-state index contributed by atoms with van der Waals surface area (Å²) in [5, 5.41) is 11.4. The maximum Gasteiger partial charge on any atom is 0.325 e. The molecule has 96 valence electrons. The van der Waals surface area contributed by atoms with E-state index in [9.17, 15) is 4.79 Å². The fraction of sp³-hybridized carbons (Fsp3) is 0.636. The Morgan fingerprint density at radius 1 is 1.47 bits per heavy atom. The largest absolute Gasteiger partial charge is 0.428 e. The molecule has 0 aliphatic rings. The summed E-state index contributed by atoms with van der Waals surface area (Å²) >= 11 is 0. The number of nitrogens with zero attached hydrogens (tertiary/aromatic N) is 2. The van der Waals surface area contributed by atoms with E-state index in [-0.39, 0.29) is 18.7 Å². The minimum Gasteiger partial charge on any atom is -0.428 e. The molecule has 0 unspecified atom stereocenters. The first-order valence-electron chi connectivity index (χ1n) is 5.69. The Labute approximate surface area is 101 Å². The lowest BCUT2D eigenvalue weighted by Crippen LogP contribution is -2.37. The molecule has 0 aliphatic carbocycles. The highest BCUT2D eigenvalue weighted by Crippen LogP contribution is 2.13. The van der Waals surface area contributed by atoms with Gasteiger partial charge in [-0.05, 0) is 20.3 Å². The van der Waals surface area contributed by atoms with Crippen molar-refractivity contribution >= 4 is 12.0 Å². The van der Waals surface area contributed by atoms with Gasteiger partial charge in [0.15, 0.2) is 0 Å². The van der Waals surface area contributed by atoms with Crippen LogP contribution >= 0.6 is 0 Å². The predicted molar refractivity (Wildman–Crippen MR) is 63.9 cm³/mol. The summed E-state index contributed by atoms with van der Waals surface area (Å²) in [6.45, 7) is 6.40. The Bertz CT molecular complexity index is 351. The van der Waals surface area contributed by atoms with Gasteiger partial charge in [0.1, 0.15) is 5.76 Å². The lowest BCUT2D eigenvalue weighted by atomic mass is 10.4. The number of aliphatic hydroxyl groups is 1. The Morgan fingerprint density at radius 2 is 2.18 bits per heavy atom. The van der Waals surface area contributed by atoms with E-state index >= 15 is 0 Å². The molecule has 2 amide bonds. The van der Waals surface area contributed by atoms with Crippen LogP contribution in [0.1, 0.15) is 24.8 Å². The molecule has 0 saturated heterocycles. The Hall–Kier alpha value is -1.56. The van der Waals surface area contributed by atoms with E-state index in [2.05, 4.69) is 10.3 Å². The summed E-state index contributed by atoms with van der Waals surface area (Å²) < 4.78 is 5.26. The third kappa shape index (κ3) is 3.74. The molecule has 0 fully saturated rings. The first-order valence-corrected chi connectivity index (χ1v) is 5.69. The summed E-state index contributed by atoms with van der Waals surface area (Å²) in [4.78, 5) is 17.4. The molecule has 0 aliphatic heterocycles. The lowest BCUT2D eigenvalue weighted by Gasteiger charge is -2.20. The van der Waals surface area contributed by atoms with Crippen LogP contribution in [0.4, 0.5) is 10.8 Å². The number of anilines is 1. The average molecular weight is 241 g/mol. The Balaban J connectivity index is 2.62. The Kier molecular flexibility index (Phi) is 4.96. The molecule has 0 saturated carbocycles. The van der Waals surface area contributed by atoms with E-state index in [1.165, 1.54) is 4.90 Å². The number of aliphatic hydroxyl groups excluding tert-OH is 1. The van der Waals surface area contributed by atoms with E-state index < -0.39 is 0 Å². The number of amides is 2. The first-order chi connectivity index (χ1) is 8.08. The minimum absolute atomic E-state index is 0.0585. The van der Waals surface area contributed by atoms with Crippen molar-refractivity contribution in [3.63, 3.8) is 0 Å². The number of aryl methyl sites for hydroxylation is 2. The van der Waals surface area contributed by atoms with Crippen molar-refractivity contribution in [1.82, 2.24) is 9.88 Å². The standard InChI is InChI=1S/C11H19N3O3/c1-4-5-14(6-7-15)11(16)13-10-12-8(2)9(3)17-10/h15H,4-7H2,1-3H3,(H,12,13,16). The van der Waals surface area contributed by atoms with Crippen molar-refractivity contribution in [2.75, 3.05) is 25.0 Å². The highest BCUT2D eigenvalue weighted by Gasteiger charge is 2.15.